The van der Waals surface area contributed by atoms with Crippen LogP contribution >= 0.6 is 11.6 Å². The van der Waals surface area contributed by atoms with Gasteiger partial charge in [-0.15, -0.1) is 0 Å². The molecular formula is C21H22ClN3O3. The Bertz CT molecular complexity index is 919. The molecule has 6 nitrogen and oxygen atoms in total. The molecule has 0 spiro atoms. The van der Waals surface area contributed by atoms with E-state index in [0.717, 1.165) is 22.8 Å². The number of carbonyl (C=O) groups excluding carboxylic acids is 1. The Hall–Kier alpha value is -2.99. The third-order valence-electron chi connectivity index (χ3n) is 4.16. The summed E-state index contributed by atoms with van der Waals surface area (Å²) in [4.78, 5) is 12.4. The van der Waals surface area contributed by atoms with Crippen molar-refractivity contribution in [2.75, 3.05) is 6.61 Å². The molecule has 28 heavy (non-hydrogen) atoms. The number of hydrogen-bond donors (Lipinski definition) is 1. The minimum Gasteiger partial charge on any atom is -0.494 e. The van der Waals surface area contributed by atoms with E-state index in [1.54, 1.807) is 24.0 Å². The number of hydrogen-bond acceptors (Lipinski definition) is 4. The lowest BCUT2D eigenvalue weighted by atomic mass is 10.1. The van der Waals surface area contributed by atoms with Crippen molar-refractivity contribution in [1.29, 1.82) is 0 Å². The van der Waals surface area contributed by atoms with E-state index in [0.29, 0.717) is 30.3 Å². The molecule has 0 aliphatic carbocycles. The number of ether oxygens (including phenoxy) is 2. The van der Waals surface area contributed by atoms with E-state index in [9.17, 15) is 4.79 Å². The summed E-state index contributed by atoms with van der Waals surface area (Å²) in [6, 6.07) is 14.8. The van der Waals surface area contributed by atoms with Gasteiger partial charge in [0.15, 0.2) is 0 Å². The van der Waals surface area contributed by atoms with Crippen molar-refractivity contribution in [3.05, 3.63) is 76.6 Å². The molecule has 3 aromatic rings. The van der Waals surface area contributed by atoms with Gasteiger partial charge in [0.2, 0.25) is 0 Å². The zero-order chi connectivity index (χ0) is 19.9. The SMILES string of the molecule is CCOc1ccc(OCc2cccc(C(=O)NCc3c(Cl)cnn3C)c2)cc1. The third-order valence-corrected chi connectivity index (χ3v) is 4.47. The summed E-state index contributed by atoms with van der Waals surface area (Å²) in [5.74, 6) is 1.37. The largest absolute Gasteiger partial charge is 0.494 e. The van der Waals surface area contributed by atoms with Crippen LogP contribution < -0.4 is 14.8 Å². The maximum absolute atomic E-state index is 12.4. The number of halogens is 1. The van der Waals surface area contributed by atoms with Crippen LogP contribution in [0, 0.1) is 0 Å². The van der Waals surface area contributed by atoms with E-state index in [2.05, 4.69) is 10.4 Å². The highest BCUT2D eigenvalue weighted by atomic mass is 35.5. The predicted octanol–water partition coefficient (Wildman–Crippen LogP) is 3.98. The highest BCUT2D eigenvalue weighted by Gasteiger charge is 2.10. The van der Waals surface area contributed by atoms with E-state index in [1.165, 1.54) is 0 Å². The van der Waals surface area contributed by atoms with Gasteiger partial charge in [-0.1, -0.05) is 23.7 Å². The number of carbonyl (C=O) groups is 1. The average molecular weight is 400 g/mol. The fourth-order valence-electron chi connectivity index (χ4n) is 2.67. The molecule has 0 saturated carbocycles. The molecular weight excluding hydrogens is 378 g/mol. The summed E-state index contributed by atoms with van der Waals surface area (Å²) in [5, 5.41) is 7.45. The zero-order valence-corrected chi connectivity index (χ0v) is 16.6. The molecule has 1 N–H and O–H groups in total. The average Bonchev–Trinajstić information content (AvgIpc) is 3.03. The van der Waals surface area contributed by atoms with Gasteiger partial charge >= 0.3 is 0 Å². The molecule has 0 unspecified atom stereocenters. The van der Waals surface area contributed by atoms with Crippen LogP contribution in [-0.4, -0.2) is 22.3 Å². The Labute approximate surface area is 169 Å². The van der Waals surface area contributed by atoms with Crippen LogP contribution in [0.5, 0.6) is 11.5 Å². The molecule has 0 aliphatic heterocycles. The van der Waals surface area contributed by atoms with Crippen LogP contribution in [0.3, 0.4) is 0 Å². The van der Waals surface area contributed by atoms with E-state index >= 15 is 0 Å². The third kappa shape index (κ3) is 5.04. The summed E-state index contributed by atoms with van der Waals surface area (Å²) in [5.41, 5.74) is 2.22. The van der Waals surface area contributed by atoms with Gasteiger partial charge in [-0.3, -0.25) is 9.48 Å². The summed E-state index contributed by atoms with van der Waals surface area (Å²) < 4.78 is 12.9. The molecule has 3 rings (SSSR count). The van der Waals surface area contributed by atoms with Gasteiger partial charge in [0.25, 0.3) is 5.91 Å². The number of benzene rings is 2. The lowest BCUT2D eigenvalue weighted by Crippen LogP contribution is -2.24. The van der Waals surface area contributed by atoms with Crippen molar-refractivity contribution in [1.82, 2.24) is 15.1 Å². The smallest absolute Gasteiger partial charge is 0.251 e. The zero-order valence-electron chi connectivity index (χ0n) is 15.8. The summed E-state index contributed by atoms with van der Waals surface area (Å²) in [6.07, 6.45) is 1.56. The van der Waals surface area contributed by atoms with Crippen LogP contribution in [0.1, 0.15) is 28.5 Å². The standard InChI is InChI=1S/C21H22ClN3O3/c1-3-27-17-7-9-18(10-8-17)28-14-15-5-4-6-16(11-15)21(26)23-13-20-19(22)12-24-25(20)2/h4-12H,3,13-14H2,1-2H3,(H,23,26). The summed E-state index contributed by atoms with van der Waals surface area (Å²) >= 11 is 6.07. The second-order valence-electron chi connectivity index (χ2n) is 6.14. The lowest BCUT2D eigenvalue weighted by molar-refractivity contribution is 0.0950. The Morgan fingerprint density at radius 1 is 1.14 bits per heavy atom. The number of aromatic nitrogens is 2. The molecule has 2 aromatic carbocycles. The molecule has 146 valence electrons. The highest BCUT2D eigenvalue weighted by Crippen LogP contribution is 2.19. The van der Waals surface area contributed by atoms with E-state index < -0.39 is 0 Å². The van der Waals surface area contributed by atoms with Crippen LogP contribution in [-0.2, 0) is 20.2 Å². The molecule has 0 fully saturated rings. The van der Waals surface area contributed by atoms with Gasteiger partial charge in [0, 0.05) is 12.6 Å². The number of nitrogens with zero attached hydrogens (tertiary/aromatic N) is 2. The molecule has 0 aliphatic rings. The monoisotopic (exact) mass is 399 g/mol. The second kappa shape index (κ2) is 9.28. The number of amides is 1. The van der Waals surface area contributed by atoms with Gasteiger partial charge in [-0.25, -0.2) is 0 Å². The van der Waals surface area contributed by atoms with Crippen molar-refractivity contribution in [3.8, 4) is 11.5 Å². The van der Waals surface area contributed by atoms with Crippen molar-refractivity contribution in [2.24, 2.45) is 7.05 Å². The Morgan fingerprint density at radius 2 is 1.86 bits per heavy atom. The Kier molecular flexibility index (Phi) is 6.55. The normalized spacial score (nSPS) is 10.5. The van der Waals surface area contributed by atoms with Crippen molar-refractivity contribution in [3.63, 3.8) is 0 Å². The Balaban J connectivity index is 1.57. The van der Waals surface area contributed by atoms with Crippen LogP contribution in [0.2, 0.25) is 5.02 Å². The number of rotatable bonds is 8. The second-order valence-corrected chi connectivity index (χ2v) is 6.55. The fraction of sp³-hybridized carbons (Fsp3) is 0.238. The molecule has 0 radical (unpaired) electrons. The predicted molar refractivity (Wildman–Crippen MR) is 108 cm³/mol. The molecule has 7 heteroatoms. The van der Waals surface area contributed by atoms with Gasteiger partial charge in [-0.05, 0) is 48.9 Å². The van der Waals surface area contributed by atoms with Crippen molar-refractivity contribution < 1.29 is 14.3 Å². The topological polar surface area (TPSA) is 65.4 Å². The fourth-order valence-corrected chi connectivity index (χ4v) is 2.90. The molecule has 1 heterocycles. The lowest BCUT2D eigenvalue weighted by Gasteiger charge is -2.10. The van der Waals surface area contributed by atoms with E-state index in [-0.39, 0.29) is 5.91 Å². The minimum absolute atomic E-state index is 0.180. The van der Waals surface area contributed by atoms with Gasteiger partial charge in [0.1, 0.15) is 18.1 Å². The number of nitrogens with one attached hydrogen (secondary N) is 1. The molecule has 1 aromatic heterocycles. The first-order valence-corrected chi connectivity index (χ1v) is 9.33. The maximum Gasteiger partial charge on any atom is 0.251 e. The van der Waals surface area contributed by atoms with Gasteiger partial charge in [0.05, 0.1) is 30.1 Å². The maximum atomic E-state index is 12.4. The Morgan fingerprint density at radius 3 is 2.50 bits per heavy atom. The quantitative estimate of drug-likeness (QED) is 0.622. The first-order chi connectivity index (χ1) is 13.6. The first-order valence-electron chi connectivity index (χ1n) is 8.96. The van der Waals surface area contributed by atoms with E-state index in [4.69, 9.17) is 21.1 Å². The number of aryl methyl sites for hydroxylation is 1. The van der Waals surface area contributed by atoms with Gasteiger partial charge in [-0.2, -0.15) is 5.10 Å². The van der Waals surface area contributed by atoms with Crippen LogP contribution in [0.4, 0.5) is 0 Å². The summed E-state index contributed by atoms with van der Waals surface area (Å²) in [6.45, 7) is 3.24. The minimum atomic E-state index is -0.180. The van der Waals surface area contributed by atoms with Crippen LogP contribution in [0.15, 0.2) is 54.7 Å². The molecule has 0 bridgehead atoms. The molecule has 1 amide bonds. The molecule has 0 saturated heterocycles. The van der Waals surface area contributed by atoms with E-state index in [1.807, 2.05) is 49.4 Å². The molecule has 0 atom stereocenters. The summed E-state index contributed by atoms with van der Waals surface area (Å²) in [7, 11) is 1.78. The van der Waals surface area contributed by atoms with Gasteiger partial charge < -0.3 is 14.8 Å². The van der Waals surface area contributed by atoms with Crippen molar-refractivity contribution >= 4 is 17.5 Å². The first kappa shape index (κ1) is 19.8. The van der Waals surface area contributed by atoms with Crippen LogP contribution in [0.25, 0.3) is 0 Å². The highest BCUT2D eigenvalue weighted by molar-refractivity contribution is 6.31. The van der Waals surface area contributed by atoms with Crippen molar-refractivity contribution in [2.45, 2.75) is 20.1 Å².